The number of hydrogen-bond donors (Lipinski definition) is 0. The van der Waals surface area contributed by atoms with E-state index in [1.807, 2.05) is 0 Å². The Kier molecular flexibility index (Phi) is 6.54. The Morgan fingerprint density at radius 1 is 1.06 bits per heavy atom. The molecule has 0 nitrogen and oxygen atoms in total. The van der Waals surface area contributed by atoms with Gasteiger partial charge < -0.3 is 0 Å². The van der Waals surface area contributed by atoms with Gasteiger partial charge in [-0.25, -0.2) is 0 Å². The maximum absolute atomic E-state index is 5.74. The van der Waals surface area contributed by atoms with Crippen LogP contribution >= 0.6 is 0 Å². The molecule has 0 amide bonds. The third-order valence-corrected chi connectivity index (χ3v) is 4.62. The zero-order chi connectivity index (χ0) is 12.0. The van der Waals surface area contributed by atoms with Crippen LogP contribution in [0, 0.1) is 17.8 Å². The van der Waals surface area contributed by atoms with Crippen molar-refractivity contribution in [3.05, 3.63) is 0 Å². The van der Waals surface area contributed by atoms with E-state index in [4.69, 9.17) is 7.85 Å². The van der Waals surface area contributed by atoms with Gasteiger partial charge in [-0.2, -0.15) is 0 Å². The number of unbranched alkanes of at least 4 members (excludes halogenated alkanes) is 3. The average molecular weight is 220 g/mol. The lowest BCUT2D eigenvalue weighted by molar-refractivity contribution is 0.329. The Hall–Kier alpha value is 0.0649. The lowest BCUT2D eigenvalue weighted by atomic mass is 9.84. The van der Waals surface area contributed by atoms with Crippen molar-refractivity contribution in [2.75, 3.05) is 0 Å². The summed E-state index contributed by atoms with van der Waals surface area (Å²) in [5, 5.41) is 0. The third kappa shape index (κ3) is 4.93. The smallest absolute Gasteiger partial charge is 0.0695 e. The van der Waals surface area contributed by atoms with Gasteiger partial charge in [0.05, 0.1) is 7.85 Å². The highest BCUT2D eigenvalue weighted by Gasteiger charge is 2.28. The van der Waals surface area contributed by atoms with Crippen LogP contribution in [-0.4, -0.2) is 7.85 Å². The maximum atomic E-state index is 5.74. The first-order chi connectivity index (χ1) is 7.61. The van der Waals surface area contributed by atoms with Gasteiger partial charge in [0, 0.05) is 0 Å². The quantitative estimate of drug-likeness (QED) is 0.419. The highest BCUT2D eigenvalue weighted by atomic mass is 14.3. The topological polar surface area (TPSA) is 0 Å². The van der Waals surface area contributed by atoms with Crippen molar-refractivity contribution in [1.29, 1.82) is 0 Å². The second-order valence-electron chi connectivity index (χ2n) is 6.14. The summed E-state index contributed by atoms with van der Waals surface area (Å²) in [6.07, 6.45) is 11.2. The van der Waals surface area contributed by atoms with E-state index in [0.717, 1.165) is 17.8 Å². The molecule has 16 heavy (non-hydrogen) atoms. The molecule has 0 spiro atoms. The maximum Gasteiger partial charge on any atom is 0.0695 e. The van der Waals surface area contributed by atoms with Gasteiger partial charge in [-0.3, -0.25) is 0 Å². The molecule has 92 valence electrons. The summed E-state index contributed by atoms with van der Waals surface area (Å²) in [5.41, 5.74) is 0. The standard InChI is InChI=1S/C15H29B/c1-12-10-11-15(14(12)3)9-7-5-4-6-8-13(2)16/h12-15H,4-11H2,1-3H3/t12-,13?,14?,15+/m1/s1. The number of hydrogen-bond acceptors (Lipinski definition) is 0. The second-order valence-corrected chi connectivity index (χ2v) is 6.14. The van der Waals surface area contributed by atoms with Crippen molar-refractivity contribution in [2.24, 2.45) is 17.8 Å². The van der Waals surface area contributed by atoms with Gasteiger partial charge in [-0.05, 0) is 24.2 Å². The van der Waals surface area contributed by atoms with E-state index in [1.165, 1.54) is 51.4 Å². The predicted octanol–water partition coefficient (Wildman–Crippen LogP) is 4.99. The lowest BCUT2D eigenvalue weighted by Crippen LogP contribution is -2.08. The van der Waals surface area contributed by atoms with Crippen LogP contribution < -0.4 is 0 Å². The first-order valence-corrected chi connectivity index (χ1v) is 7.37. The van der Waals surface area contributed by atoms with Crippen molar-refractivity contribution in [1.82, 2.24) is 0 Å². The molecule has 1 fully saturated rings. The van der Waals surface area contributed by atoms with Crippen LogP contribution in [0.5, 0.6) is 0 Å². The molecule has 1 aliphatic carbocycles. The van der Waals surface area contributed by atoms with Gasteiger partial charge >= 0.3 is 0 Å². The van der Waals surface area contributed by atoms with Crippen LogP contribution in [0.2, 0.25) is 5.82 Å². The van der Waals surface area contributed by atoms with E-state index in [-0.39, 0.29) is 0 Å². The Balaban J connectivity index is 1.95. The molecule has 2 radical (unpaired) electrons. The van der Waals surface area contributed by atoms with E-state index in [9.17, 15) is 0 Å². The third-order valence-electron chi connectivity index (χ3n) is 4.62. The molecule has 1 rings (SSSR count). The molecule has 1 aliphatic rings. The minimum Gasteiger partial charge on any atom is -0.0802 e. The van der Waals surface area contributed by atoms with Gasteiger partial charge in [0.25, 0.3) is 0 Å². The summed E-state index contributed by atoms with van der Waals surface area (Å²) in [7, 11) is 5.74. The SMILES string of the molecule is [B]C(C)CCCCCC[C@H]1CC[C@@H](C)C1C. The van der Waals surface area contributed by atoms with Gasteiger partial charge in [-0.15, -0.1) is 0 Å². The first kappa shape index (κ1) is 14.1. The molecule has 2 unspecified atom stereocenters. The summed E-state index contributed by atoms with van der Waals surface area (Å²) in [4.78, 5) is 0. The second kappa shape index (κ2) is 7.40. The van der Waals surface area contributed by atoms with E-state index in [2.05, 4.69) is 20.8 Å². The lowest BCUT2D eigenvalue weighted by Gasteiger charge is -2.17. The summed E-state index contributed by atoms with van der Waals surface area (Å²) in [6.45, 7) is 6.99. The van der Waals surface area contributed by atoms with Crippen molar-refractivity contribution >= 4 is 7.85 Å². The predicted molar refractivity (Wildman–Crippen MR) is 73.9 cm³/mol. The van der Waals surface area contributed by atoms with Crippen LogP contribution in [0.15, 0.2) is 0 Å². The molecule has 0 aliphatic heterocycles. The molecule has 4 atom stereocenters. The van der Waals surface area contributed by atoms with Crippen LogP contribution in [0.4, 0.5) is 0 Å². The Labute approximate surface area is 104 Å². The van der Waals surface area contributed by atoms with Gasteiger partial charge in [0.1, 0.15) is 0 Å². The van der Waals surface area contributed by atoms with Crippen molar-refractivity contribution in [2.45, 2.75) is 78.0 Å². The molecule has 0 heterocycles. The minimum absolute atomic E-state index is 0.399. The molecule has 0 saturated heterocycles. The van der Waals surface area contributed by atoms with Gasteiger partial charge in [-0.1, -0.05) is 71.5 Å². The largest absolute Gasteiger partial charge is 0.0802 e. The minimum atomic E-state index is 0.399. The van der Waals surface area contributed by atoms with Crippen molar-refractivity contribution < 1.29 is 0 Å². The van der Waals surface area contributed by atoms with Crippen LogP contribution in [0.1, 0.15) is 72.1 Å². The fourth-order valence-electron chi connectivity index (χ4n) is 3.10. The number of rotatable bonds is 7. The van der Waals surface area contributed by atoms with Crippen molar-refractivity contribution in [3.8, 4) is 0 Å². The first-order valence-electron chi connectivity index (χ1n) is 7.37. The fraction of sp³-hybridized carbons (Fsp3) is 1.00. The zero-order valence-electron chi connectivity index (χ0n) is 11.5. The van der Waals surface area contributed by atoms with Crippen molar-refractivity contribution in [3.63, 3.8) is 0 Å². The molecule has 0 N–H and O–H groups in total. The zero-order valence-corrected chi connectivity index (χ0v) is 11.5. The van der Waals surface area contributed by atoms with Gasteiger partial charge in [0.2, 0.25) is 0 Å². The summed E-state index contributed by atoms with van der Waals surface area (Å²) in [5.74, 6) is 3.38. The summed E-state index contributed by atoms with van der Waals surface area (Å²) in [6, 6.07) is 0. The van der Waals surface area contributed by atoms with E-state index >= 15 is 0 Å². The highest BCUT2D eigenvalue weighted by Crippen LogP contribution is 2.39. The molecular formula is C15H29B. The molecule has 0 bridgehead atoms. The Bertz CT molecular complexity index is 176. The van der Waals surface area contributed by atoms with E-state index < -0.39 is 0 Å². The van der Waals surface area contributed by atoms with Crippen LogP contribution in [0.3, 0.4) is 0 Å². The monoisotopic (exact) mass is 220 g/mol. The average Bonchev–Trinajstić information content (AvgIpc) is 2.54. The molecule has 0 aromatic rings. The molecule has 0 aromatic heterocycles. The molecular weight excluding hydrogens is 191 g/mol. The Morgan fingerprint density at radius 3 is 2.31 bits per heavy atom. The normalized spacial score (nSPS) is 31.8. The van der Waals surface area contributed by atoms with Gasteiger partial charge in [0.15, 0.2) is 0 Å². The summed E-state index contributed by atoms with van der Waals surface area (Å²) < 4.78 is 0. The van der Waals surface area contributed by atoms with Crippen LogP contribution in [0.25, 0.3) is 0 Å². The molecule has 0 aromatic carbocycles. The molecule has 1 saturated carbocycles. The van der Waals surface area contributed by atoms with E-state index in [0.29, 0.717) is 5.82 Å². The molecule has 1 heteroatoms. The fourth-order valence-corrected chi connectivity index (χ4v) is 3.10. The highest BCUT2D eigenvalue weighted by molar-refractivity contribution is 6.11. The summed E-state index contributed by atoms with van der Waals surface area (Å²) >= 11 is 0. The van der Waals surface area contributed by atoms with E-state index in [1.54, 1.807) is 0 Å². The Morgan fingerprint density at radius 2 is 1.75 bits per heavy atom. The van der Waals surface area contributed by atoms with Crippen LogP contribution in [-0.2, 0) is 0 Å².